The number of hydrogen-bond donors (Lipinski definition) is 2. The number of phosphoric ester groups is 1. The van der Waals surface area contributed by atoms with Crippen LogP contribution in [-0.4, -0.2) is 15.9 Å². The Morgan fingerprint density at radius 3 is 2.36 bits per heavy atom. The van der Waals surface area contributed by atoms with Gasteiger partial charge in [0.1, 0.15) is 0 Å². The molecule has 0 amide bonds. The summed E-state index contributed by atoms with van der Waals surface area (Å²) in [5, 5.41) is 0. The van der Waals surface area contributed by atoms with Crippen molar-refractivity contribution in [3.63, 3.8) is 0 Å². The molecular formula is C6H12O4P. The van der Waals surface area contributed by atoms with Crippen LogP contribution in [0.4, 0.5) is 0 Å². The molecule has 1 radical (unpaired) electrons. The largest absolute Gasteiger partial charge is 0.469 e. The van der Waals surface area contributed by atoms with E-state index >= 15 is 0 Å². The van der Waals surface area contributed by atoms with E-state index in [1.54, 1.807) is 0 Å². The van der Waals surface area contributed by atoms with Crippen molar-refractivity contribution in [2.45, 2.75) is 31.8 Å². The van der Waals surface area contributed by atoms with Gasteiger partial charge >= 0.3 is 7.82 Å². The minimum atomic E-state index is -4.25. The lowest BCUT2D eigenvalue weighted by Gasteiger charge is -2.21. The maximum atomic E-state index is 10.4. The average Bonchev–Trinajstić information content (AvgIpc) is 1.85. The van der Waals surface area contributed by atoms with Gasteiger partial charge in [-0.2, -0.15) is 0 Å². The van der Waals surface area contributed by atoms with Gasteiger partial charge in [0.15, 0.2) is 0 Å². The molecule has 0 atom stereocenters. The lowest BCUT2D eigenvalue weighted by molar-refractivity contribution is 0.112. The zero-order valence-corrected chi connectivity index (χ0v) is 7.04. The minimum Gasteiger partial charge on any atom is -0.303 e. The quantitative estimate of drug-likeness (QED) is 0.626. The van der Waals surface area contributed by atoms with Crippen molar-refractivity contribution in [2.75, 3.05) is 0 Å². The van der Waals surface area contributed by atoms with Crippen LogP contribution in [0.25, 0.3) is 0 Å². The van der Waals surface area contributed by atoms with Gasteiger partial charge in [0.25, 0.3) is 0 Å². The van der Waals surface area contributed by atoms with Crippen molar-refractivity contribution >= 4 is 7.82 Å². The molecule has 1 aliphatic carbocycles. The maximum absolute atomic E-state index is 10.4. The zero-order valence-electron chi connectivity index (χ0n) is 6.14. The van der Waals surface area contributed by atoms with E-state index in [9.17, 15) is 4.57 Å². The Kier molecular flexibility index (Phi) is 3.07. The molecule has 0 heterocycles. The first-order valence-corrected chi connectivity index (χ1v) is 5.16. The first kappa shape index (κ1) is 9.20. The van der Waals surface area contributed by atoms with Crippen LogP contribution in [0.5, 0.6) is 0 Å². The summed E-state index contributed by atoms with van der Waals surface area (Å²) in [6.45, 7) is 0. The van der Waals surface area contributed by atoms with Crippen LogP contribution < -0.4 is 0 Å². The van der Waals surface area contributed by atoms with Gasteiger partial charge in [-0.25, -0.2) is 4.57 Å². The lowest BCUT2D eigenvalue weighted by atomic mass is 9.98. The van der Waals surface area contributed by atoms with Crippen LogP contribution in [0.15, 0.2) is 0 Å². The molecule has 4 nitrogen and oxygen atoms in total. The third kappa shape index (κ3) is 3.87. The van der Waals surface area contributed by atoms with Crippen molar-refractivity contribution < 1.29 is 18.9 Å². The fraction of sp³-hybridized carbons (Fsp3) is 0.833. The van der Waals surface area contributed by atoms with Crippen LogP contribution in [0, 0.1) is 6.42 Å². The molecule has 0 saturated heterocycles. The van der Waals surface area contributed by atoms with Crippen molar-refractivity contribution in [3.8, 4) is 0 Å². The third-order valence-corrected chi connectivity index (χ3v) is 2.24. The minimum absolute atomic E-state index is 0.249. The van der Waals surface area contributed by atoms with Crippen LogP contribution in [-0.2, 0) is 9.09 Å². The topological polar surface area (TPSA) is 66.8 Å². The summed E-state index contributed by atoms with van der Waals surface area (Å²) in [6, 6.07) is 0. The van der Waals surface area contributed by atoms with Gasteiger partial charge in [0.2, 0.25) is 0 Å². The molecule has 1 aliphatic rings. The zero-order chi connectivity index (χ0) is 8.32. The number of hydrogen-bond acceptors (Lipinski definition) is 2. The normalized spacial score (nSPS) is 22.0. The summed E-state index contributed by atoms with van der Waals surface area (Å²) in [7, 11) is -4.25. The summed E-state index contributed by atoms with van der Waals surface area (Å²) in [5.74, 6) is 0. The number of rotatable bonds is 2. The molecule has 0 spiro atoms. The maximum Gasteiger partial charge on any atom is 0.469 e. The van der Waals surface area contributed by atoms with Crippen LogP contribution >= 0.6 is 7.82 Å². The van der Waals surface area contributed by atoms with Crippen molar-refractivity contribution in [2.24, 2.45) is 0 Å². The monoisotopic (exact) mass is 179 g/mol. The van der Waals surface area contributed by atoms with Gasteiger partial charge in [-0.1, -0.05) is 0 Å². The van der Waals surface area contributed by atoms with E-state index in [1.165, 1.54) is 0 Å². The van der Waals surface area contributed by atoms with Gasteiger partial charge in [0, 0.05) is 0 Å². The Morgan fingerprint density at radius 2 is 1.91 bits per heavy atom. The molecule has 2 N–H and O–H groups in total. The van der Waals surface area contributed by atoms with Gasteiger partial charge in [-0.05, 0) is 32.1 Å². The molecular weight excluding hydrogens is 167 g/mol. The molecule has 65 valence electrons. The van der Waals surface area contributed by atoms with E-state index in [4.69, 9.17) is 9.79 Å². The van der Waals surface area contributed by atoms with Crippen LogP contribution in [0.1, 0.15) is 25.7 Å². The molecule has 0 unspecified atom stereocenters. The summed E-state index contributed by atoms with van der Waals surface area (Å²) in [6.07, 6.45) is 5.10. The van der Waals surface area contributed by atoms with Crippen molar-refractivity contribution in [3.05, 3.63) is 6.42 Å². The molecule has 0 aromatic rings. The summed E-state index contributed by atoms with van der Waals surface area (Å²) < 4.78 is 14.9. The Hall–Kier alpha value is 0.110. The highest BCUT2D eigenvalue weighted by atomic mass is 31.2. The Morgan fingerprint density at radius 1 is 1.36 bits per heavy atom. The standard InChI is InChI=1S/C6H12O4P/c7-11(8,9)10-6-4-2-1-3-5-6/h1,6H,2-5H2,(H2,7,8,9). The Balaban J connectivity index is 2.30. The van der Waals surface area contributed by atoms with Crippen LogP contribution in [0.3, 0.4) is 0 Å². The Bertz CT molecular complexity index is 158. The highest BCUT2D eigenvalue weighted by molar-refractivity contribution is 7.46. The van der Waals surface area contributed by atoms with Gasteiger partial charge in [-0.15, -0.1) is 0 Å². The fourth-order valence-corrected chi connectivity index (χ4v) is 1.79. The summed E-state index contributed by atoms with van der Waals surface area (Å²) in [4.78, 5) is 16.9. The molecule has 0 bridgehead atoms. The first-order valence-electron chi connectivity index (χ1n) is 3.63. The second-order valence-corrected chi connectivity index (χ2v) is 3.85. The predicted octanol–water partition coefficient (Wildman–Crippen LogP) is 1.24. The first-order chi connectivity index (χ1) is 5.08. The van der Waals surface area contributed by atoms with Crippen molar-refractivity contribution in [1.29, 1.82) is 0 Å². The summed E-state index contributed by atoms with van der Waals surface area (Å²) >= 11 is 0. The third-order valence-electron chi connectivity index (χ3n) is 1.67. The summed E-state index contributed by atoms with van der Waals surface area (Å²) in [5.41, 5.74) is 0. The van der Waals surface area contributed by atoms with E-state index in [2.05, 4.69) is 10.9 Å². The molecule has 1 rings (SSSR count). The van der Waals surface area contributed by atoms with Crippen LogP contribution in [0.2, 0.25) is 0 Å². The molecule has 5 heteroatoms. The van der Waals surface area contributed by atoms with Gasteiger partial charge in [0.05, 0.1) is 6.10 Å². The van der Waals surface area contributed by atoms with E-state index < -0.39 is 7.82 Å². The van der Waals surface area contributed by atoms with E-state index in [0.29, 0.717) is 0 Å². The average molecular weight is 179 g/mol. The Labute approximate surface area is 65.8 Å². The van der Waals surface area contributed by atoms with E-state index in [1.807, 2.05) is 0 Å². The molecule has 1 fully saturated rings. The second kappa shape index (κ2) is 3.68. The predicted molar refractivity (Wildman–Crippen MR) is 39.7 cm³/mol. The molecule has 0 aromatic heterocycles. The molecule has 1 saturated carbocycles. The van der Waals surface area contributed by atoms with Gasteiger partial charge in [-0.3, -0.25) is 4.52 Å². The second-order valence-electron chi connectivity index (χ2n) is 2.66. The molecule has 0 aliphatic heterocycles. The van der Waals surface area contributed by atoms with Crippen molar-refractivity contribution in [1.82, 2.24) is 0 Å². The lowest BCUT2D eigenvalue weighted by Crippen LogP contribution is -2.15. The van der Waals surface area contributed by atoms with E-state index in [-0.39, 0.29) is 6.10 Å². The van der Waals surface area contributed by atoms with E-state index in [0.717, 1.165) is 25.7 Å². The highest BCUT2D eigenvalue weighted by Gasteiger charge is 2.23. The fourth-order valence-electron chi connectivity index (χ4n) is 1.20. The molecule has 0 aromatic carbocycles. The number of phosphoric acid groups is 1. The SMILES string of the molecule is O=P(O)(O)OC1CC[CH]CC1. The van der Waals surface area contributed by atoms with Gasteiger partial charge < -0.3 is 9.79 Å². The molecule has 11 heavy (non-hydrogen) atoms. The highest BCUT2D eigenvalue weighted by Crippen LogP contribution is 2.40. The smallest absolute Gasteiger partial charge is 0.303 e.